The number of aliphatic hydroxyl groups excluding tert-OH is 1. The smallest absolute Gasteiger partial charge is 0.348 e. The van der Waals surface area contributed by atoms with Gasteiger partial charge in [-0.25, -0.2) is 9.18 Å². The summed E-state index contributed by atoms with van der Waals surface area (Å²) in [6.45, 7) is 0.641. The second-order valence-electron chi connectivity index (χ2n) is 6.47. The zero-order valence-corrected chi connectivity index (χ0v) is 14.3. The van der Waals surface area contributed by atoms with Gasteiger partial charge in [-0.3, -0.25) is 9.59 Å². The number of rotatable bonds is 4. The van der Waals surface area contributed by atoms with Gasteiger partial charge in [-0.15, -0.1) is 0 Å². The molecule has 1 saturated heterocycles. The van der Waals surface area contributed by atoms with Gasteiger partial charge in [-0.05, 0) is 6.92 Å². The van der Waals surface area contributed by atoms with Gasteiger partial charge < -0.3 is 14.9 Å². The lowest BCUT2D eigenvalue weighted by molar-refractivity contribution is -0.223. The van der Waals surface area contributed by atoms with E-state index < -0.39 is 41.0 Å². The van der Waals surface area contributed by atoms with Crippen LogP contribution in [-0.2, 0) is 9.53 Å². The van der Waals surface area contributed by atoms with E-state index in [1.54, 1.807) is 24.3 Å². The molecule has 27 heavy (non-hydrogen) atoms. The molecule has 1 unspecified atom stereocenters. The molecular weight excluding hydrogens is 355 g/mol. The van der Waals surface area contributed by atoms with Crippen LogP contribution in [-0.4, -0.2) is 51.2 Å². The number of carbonyl (C=O) groups is 3. The normalized spacial score (nSPS) is 30.4. The molecule has 0 radical (unpaired) electrons. The highest BCUT2D eigenvalue weighted by Crippen LogP contribution is 2.40. The third-order valence-electron chi connectivity index (χ3n) is 4.75. The van der Waals surface area contributed by atoms with Crippen LogP contribution in [0.15, 0.2) is 60.7 Å². The standard InChI is InChI=1S/C20H17FO6/c1-19(21)18(25)27-15(14(22)12-8-4-2-5-9-12)17(24)20(19,26)16(23)13-10-6-3-7-11-13/h2-11,15,17,24,26H,1H3/t15?,17-,19-,20-/m1/s1. The van der Waals surface area contributed by atoms with Crippen LogP contribution < -0.4 is 0 Å². The maximum absolute atomic E-state index is 15.1. The Bertz CT molecular complexity index is 880. The zero-order valence-electron chi connectivity index (χ0n) is 14.3. The summed E-state index contributed by atoms with van der Waals surface area (Å²) in [4.78, 5) is 37.6. The molecule has 1 aliphatic rings. The molecule has 2 aromatic rings. The van der Waals surface area contributed by atoms with Crippen LogP contribution in [0.4, 0.5) is 4.39 Å². The van der Waals surface area contributed by atoms with Crippen LogP contribution in [0.3, 0.4) is 0 Å². The Hall–Kier alpha value is -2.90. The number of cyclic esters (lactones) is 1. The molecule has 3 rings (SSSR count). The second kappa shape index (κ2) is 6.68. The van der Waals surface area contributed by atoms with Crippen LogP contribution in [0, 0.1) is 0 Å². The van der Waals surface area contributed by atoms with Gasteiger partial charge in [0.05, 0.1) is 0 Å². The molecule has 0 aliphatic carbocycles. The number of Topliss-reactive ketones (excluding diaryl/α,β-unsaturated/α-hetero) is 2. The lowest BCUT2D eigenvalue weighted by atomic mass is 9.71. The number of benzene rings is 2. The van der Waals surface area contributed by atoms with E-state index in [1.165, 1.54) is 36.4 Å². The molecule has 0 aromatic heterocycles. The van der Waals surface area contributed by atoms with Crippen LogP contribution in [0.2, 0.25) is 0 Å². The van der Waals surface area contributed by atoms with E-state index >= 15 is 4.39 Å². The molecule has 0 spiro atoms. The van der Waals surface area contributed by atoms with E-state index in [0.29, 0.717) is 6.92 Å². The van der Waals surface area contributed by atoms with Gasteiger partial charge in [-0.2, -0.15) is 0 Å². The van der Waals surface area contributed by atoms with Crippen molar-refractivity contribution in [3.8, 4) is 0 Å². The second-order valence-corrected chi connectivity index (χ2v) is 6.47. The molecule has 2 aromatic carbocycles. The summed E-state index contributed by atoms with van der Waals surface area (Å²) in [6.07, 6.45) is -4.23. The molecular formula is C20H17FO6. The maximum atomic E-state index is 15.1. The zero-order chi connectivity index (χ0) is 19.8. The minimum Gasteiger partial charge on any atom is -0.449 e. The fourth-order valence-corrected chi connectivity index (χ4v) is 3.06. The number of hydrogen-bond donors (Lipinski definition) is 2. The topological polar surface area (TPSA) is 101 Å². The highest BCUT2D eigenvalue weighted by atomic mass is 19.1. The van der Waals surface area contributed by atoms with E-state index in [-0.39, 0.29) is 11.1 Å². The molecule has 0 saturated carbocycles. The summed E-state index contributed by atoms with van der Waals surface area (Å²) < 4.78 is 19.9. The molecule has 0 amide bonds. The lowest BCUT2D eigenvalue weighted by Gasteiger charge is -2.45. The summed E-state index contributed by atoms with van der Waals surface area (Å²) in [6, 6.07) is 14.7. The van der Waals surface area contributed by atoms with Crippen molar-refractivity contribution in [2.75, 3.05) is 0 Å². The van der Waals surface area contributed by atoms with Crippen LogP contribution in [0.5, 0.6) is 0 Å². The number of ketones is 2. The van der Waals surface area contributed by atoms with E-state index in [0.717, 1.165) is 0 Å². The minimum absolute atomic E-state index is 0.0753. The number of halogens is 1. The first-order chi connectivity index (χ1) is 12.7. The summed E-state index contributed by atoms with van der Waals surface area (Å²) in [5.41, 5.74) is -6.50. The average molecular weight is 372 g/mol. The van der Waals surface area contributed by atoms with E-state index in [9.17, 15) is 24.6 Å². The average Bonchev–Trinajstić information content (AvgIpc) is 2.69. The van der Waals surface area contributed by atoms with Crippen molar-refractivity contribution >= 4 is 17.5 Å². The highest BCUT2D eigenvalue weighted by Gasteiger charge is 2.70. The fourth-order valence-electron chi connectivity index (χ4n) is 3.06. The van der Waals surface area contributed by atoms with Crippen molar-refractivity contribution in [1.82, 2.24) is 0 Å². The highest BCUT2D eigenvalue weighted by molar-refractivity contribution is 6.10. The summed E-state index contributed by atoms with van der Waals surface area (Å²) >= 11 is 0. The van der Waals surface area contributed by atoms with Crippen molar-refractivity contribution in [3.63, 3.8) is 0 Å². The molecule has 4 atom stereocenters. The van der Waals surface area contributed by atoms with Crippen LogP contribution in [0.1, 0.15) is 27.6 Å². The van der Waals surface area contributed by atoms with Crippen molar-refractivity contribution < 1.29 is 33.7 Å². The Morgan fingerprint density at radius 2 is 1.48 bits per heavy atom. The predicted molar refractivity (Wildman–Crippen MR) is 91.9 cm³/mol. The molecule has 0 bridgehead atoms. The van der Waals surface area contributed by atoms with E-state index in [1.807, 2.05) is 0 Å². The van der Waals surface area contributed by atoms with Crippen molar-refractivity contribution in [1.29, 1.82) is 0 Å². The van der Waals surface area contributed by atoms with Gasteiger partial charge in [0.1, 0.15) is 6.10 Å². The first kappa shape index (κ1) is 18.9. The number of esters is 1. The maximum Gasteiger partial charge on any atom is 0.348 e. The summed E-state index contributed by atoms with van der Waals surface area (Å²) in [7, 11) is 0. The Balaban J connectivity index is 2.06. The Morgan fingerprint density at radius 3 is 2.00 bits per heavy atom. The summed E-state index contributed by atoms with van der Waals surface area (Å²) in [5.74, 6) is -3.68. The molecule has 140 valence electrons. The van der Waals surface area contributed by atoms with Gasteiger partial charge in [0.25, 0.3) is 0 Å². The summed E-state index contributed by atoms with van der Waals surface area (Å²) in [5, 5.41) is 21.5. The minimum atomic E-state index is -3.26. The molecule has 1 aliphatic heterocycles. The number of aliphatic hydroxyl groups is 2. The van der Waals surface area contributed by atoms with Crippen molar-refractivity contribution in [2.45, 2.75) is 30.4 Å². The van der Waals surface area contributed by atoms with Gasteiger partial charge >= 0.3 is 5.97 Å². The van der Waals surface area contributed by atoms with Gasteiger partial charge in [-0.1, -0.05) is 60.7 Å². The third kappa shape index (κ3) is 2.85. The van der Waals surface area contributed by atoms with E-state index in [4.69, 9.17) is 4.74 Å². The number of alkyl halides is 1. The van der Waals surface area contributed by atoms with Gasteiger partial charge in [0, 0.05) is 11.1 Å². The predicted octanol–water partition coefficient (Wildman–Crippen LogP) is 1.50. The molecule has 1 heterocycles. The number of hydrogen-bond acceptors (Lipinski definition) is 6. The number of carbonyl (C=O) groups excluding carboxylic acids is 3. The quantitative estimate of drug-likeness (QED) is 0.623. The molecule has 1 fully saturated rings. The molecule has 2 N–H and O–H groups in total. The van der Waals surface area contributed by atoms with Crippen LogP contribution >= 0.6 is 0 Å². The Kier molecular flexibility index (Phi) is 4.67. The van der Waals surface area contributed by atoms with Crippen molar-refractivity contribution in [2.24, 2.45) is 0 Å². The van der Waals surface area contributed by atoms with Crippen LogP contribution in [0.25, 0.3) is 0 Å². The monoisotopic (exact) mass is 372 g/mol. The Labute approximate surface area is 154 Å². The van der Waals surface area contributed by atoms with Crippen molar-refractivity contribution in [3.05, 3.63) is 71.8 Å². The van der Waals surface area contributed by atoms with Gasteiger partial charge in [0.15, 0.2) is 6.10 Å². The first-order valence-electron chi connectivity index (χ1n) is 8.21. The van der Waals surface area contributed by atoms with E-state index in [2.05, 4.69) is 0 Å². The molecule has 6 nitrogen and oxygen atoms in total. The third-order valence-corrected chi connectivity index (χ3v) is 4.75. The largest absolute Gasteiger partial charge is 0.449 e. The van der Waals surface area contributed by atoms with Gasteiger partial charge in [0.2, 0.25) is 22.8 Å². The first-order valence-corrected chi connectivity index (χ1v) is 8.21. The Morgan fingerprint density at radius 1 is 1.00 bits per heavy atom. The SMILES string of the molecule is C[C@@]1(F)C(=O)OC(C(=O)c2ccccc2)[C@@H](O)[C@]1(O)C(=O)c1ccccc1. The molecule has 7 heteroatoms. The number of ether oxygens (including phenoxy) is 1. The lowest BCUT2D eigenvalue weighted by Crippen LogP contribution is -2.74. The fraction of sp³-hybridized carbons (Fsp3) is 0.250.